The van der Waals surface area contributed by atoms with Crippen LogP contribution in [0.25, 0.3) is 10.9 Å². The van der Waals surface area contributed by atoms with Gasteiger partial charge in [-0.15, -0.1) is 0 Å². The van der Waals surface area contributed by atoms with E-state index in [0.29, 0.717) is 35.1 Å². The summed E-state index contributed by atoms with van der Waals surface area (Å²) in [7, 11) is 1.29. The quantitative estimate of drug-likeness (QED) is 0.678. The second kappa shape index (κ2) is 8.27. The molecule has 0 spiro atoms. The van der Waals surface area contributed by atoms with Gasteiger partial charge in [-0.3, -0.25) is 14.2 Å². The molecule has 3 aromatic rings. The van der Waals surface area contributed by atoms with Crippen LogP contribution in [0.5, 0.6) is 0 Å². The molecule has 0 fully saturated rings. The number of amides is 1. The molecule has 138 valence electrons. The third kappa shape index (κ3) is 4.20. The lowest BCUT2D eigenvalue weighted by molar-refractivity contribution is -0.116. The maximum atomic E-state index is 12.4. The molecule has 0 unspecified atom stereocenters. The highest BCUT2D eigenvalue weighted by Gasteiger charge is 2.13. The first-order chi connectivity index (χ1) is 13.1. The predicted octanol–water partition coefficient (Wildman–Crippen LogP) is 2.60. The molecule has 1 amide bonds. The third-order valence-corrected chi connectivity index (χ3v) is 4.14. The van der Waals surface area contributed by atoms with Crippen molar-refractivity contribution in [1.82, 2.24) is 9.55 Å². The Bertz CT molecular complexity index is 1040. The smallest absolute Gasteiger partial charge is 0.339 e. The average molecular weight is 365 g/mol. The summed E-state index contributed by atoms with van der Waals surface area (Å²) in [5.74, 6) is -0.757. The van der Waals surface area contributed by atoms with E-state index in [2.05, 4.69) is 10.3 Å². The second-order valence-corrected chi connectivity index (χ2v) is 5.95. The normalized spacial score (nSPS) is 10.6. The van der Waals surface area contributed by atoms with Crippen LogP contribution in [0, 0.1) is 0 Å². The van der Waals surface area contributed by atoms with Crippen LogP contribution >= 0.6 is 0 Å². The number of rotatable bonds is 6. The van der Waals surface area contributed by atoms with Crippen molar-refractivity contribution in [3.05, 3.63) is 70.8 Å². The number of aryl methyl sites for hydroxylation is 1. The van der Waals surface area contributed by atoms with Crippen molar-refractivity contribution in [3.8, 4) is 0 Å². The number of para-hydroxylation sites is 2. The maximum absolute atomic E-state index is 12.4. The molecule has 0 atom stereocenters. The zero-order chi connectivity index (χ0) is 19.2. The fourth-order valence-electron chi connectivity index (χ4n) is 2.77. The molecule has 7 heteroatoms. The van der Waals surface area contributed by atoms with E-state index in [0.717, 1.165) is 0 Å². The molecule has 0 saturated carbocycles. The molecule has 1 heterocycles. The van der Waals surface area contributed by atoms with E-state index in [4.69, 9.17) is 4.74 Å². The highest BCUT2D eigenvalue weighted by Crippen LogP contribution is 2.16. The first-order valence-corrected chi connectivity index (χ1v) is 8.51. The van der Waals surface area contributed by atoms with Crippen LogP contribution in [0.4, 0.5) is 5.69 Å². The number of esters is 1. The molecule has 27 heavy (non-hydrogen) atoms. The van der Waals surface area contributed by atoms with Gasteiger partial charge >= 0.3 is 5.97 Å². The Kier molecular flexibility index (Phi) is 5.61. The molecule has 0 bridgehead atoms. The van der Waals surface area contributed by atoms with Crippen molar-refractivity contribution >= 4 is 28.5 Å². The minimum Gasteiger partial charge on any atom is -0.465 e. The van der Waals surface area contributed by atoms with Gasteiger partial charge in [0.15, 0.2) is 0 Å². The highest BCUT2D eigenvalue weighted by molar-refractivity contribution is 6.01. The Labute approximate surface area is 155 Å². The van der Waals surface area contributed by atoms with Crippen LogP contribution in [-0.2, 0) is 16.1 Å². The highest BCUT2D eigenvalue weighted by atomic mass is 16.5. The molecule has 0 radical (unpaired) electrons. The molecule has 1 N–H and O–H groups in total. The fraction of sp³-hybridized carbons (Fsp3) is 0.200. The number of aromatic nitrogens is 2. The van der Waals surface area contributed by atoms with Crippen molar-refractivity contribution in [2.45, 2.75) is 19.4 Å². The van der Waals surface area contributed by atoms with Gasteiger partial charge in [0.05, 0.1) is 35.6 Å². The van der Waals surface area contributed by atoms with E-state index in [1.54, 1.807) is 42.5 Å². The van der Waals surface area contributed by atoms with Crippen LogP contribution in [0.1, 0.15) is 23.2 Å². The van der Waals surface area contributed by atoms with Crippen LogP contribution in [0.3, 0.4) is 0 Å². The summed E-state index contributed by atoms with van der Waals surface area (Å²) >= 11 is 0. The number of fused-ring (bicyclic) bond motifs is 1. The molecule has 0 saturated heterocycles. The zero-order valence-corrected chi connectivity index (χ0v) is 14.8. The summed E-state index contributed by atoms with van der Waals surface area (Å²) in [5, 5.41) is 3.27. The number of hydrogen-bond donors (Lipinski definition) is 1. The monoisotopic (exact) mass is 365 g/mol. The maximum Gasteiger partial charge on any atom is 0.339 e. The van der Waals surface area contributed by atoms with Gasteiger partial charge in [-0.25, -0.2) is 9.78 Å². The number of carbonyl (C=O) groups is 2. The van der Waals surface area contributed by atoms with E-state index in [1.165, 1.54) is 18.0 Å². The predicted molar refractivity (Wildman–Crippen MR) is 102 cm³/mol. The minimum atomic E-state index is -0.514. The Hall–Kier alpha value is -3.48. The lowest BCUT2D eigenvalue weighted by Crippen LogP contribution is -2.22. The molecule has 0 aliphatic heterocycles. The average Bonchev–Trinajstić information content (AvgIpc) is 2.70. The second-order valence-electron chi connectivity index (χ2n) is 5.95. The molecule has 1 aromatic heterocycles. The van der Waals surface area contributed by atoms with Crippen LogP contribution in [-0.4, -0.2) is 28.5 Å². The lowest BCUT2D eigenvalue weighted by atomic mass is 10.1. The largest absolute Gasteiger partial charge is 0.465 e. The summed E-state index contributed by atoms with van der Waals surface area (Å²) in [6, 6.07) is 13.8. The van der Waals surface area contributed by atoms with Gasteiger partial charge in [0.25, 0.3) is 5.56 Å². The number of anilines is 1. The van der Waals surface area contributed by atoms with Gasteiger partial charge in [0.2, 0.25) is 5.91 Å². The third-order valence-electron chi connectivity index (χ3n) is 4.14. The molecule has 2 aromatic carbocycles. The summed E-state index contributed by atoms with van der Waals surface area (Å²) in [6.45, 7) is 0.378. The van der Waals surface area contributed by atoms with Gasteiger partial charge in [-0.1, -0.05) is 24.3 Å². The minimum absolute atomic E-state index is 0.128. The number of nitrogens with one attached hydrogen (secondary N) is 1. The Morgan fingerprint density at radius 3 is 2.67 bits per heavy atom. The van der Waals surface area contributed by atoms with E-state index in [9.17, 15) is 14.4 Å². The lowest BCUT2D eigenvalue weighted by Gasteiger charge is -2.10. The molecule has 7 nitrogen and oxygen atoms in total. The van der Waals surface area contributed by atoms with Gasteiger partial charge in [0.1, 0.15) is 0 Å². The van der Waals surface area contributed by atoms with Crippen molar-refractivity contribution < 1.29 is 14.3 Å². The number of nitrogens with zero attached hydrogens (tertiary/aromatic N) is 2. The van der Waals surface area contributed by atoms with Gasteiger partial charge in [-0.05, 0) is 30.7 Å². The Morgan fingerprint density at radius 1 is 1.11 bits per heavy atom. The molecule has 0 aliphatic rings. The molecular formula is C20H19N3O4. The summed E-state index contributed by atoms with van der Waals surface area (Å²) in [4.78, 5) is 40.6. The van der Waals surface area contributed by atoms with Crippen molar-refractivity contribution in [2.24, 2.45) is 0 Å². The standard InChI is InChI=1S/C20H19N3O4/c1-27-20(26)15-8-3-5-10-17(15)22-18(24)11-6-12-23-13-21-16-9-4-2-7-14(16)19(23)25/h2-5,7-10,13H,6,11-12H2,1H3,(H,22,24). The molecule has 3 rings (SSSR count). The summed E-state index contributed by atoms with van der Waals surface area (Å²) in [5.41, 5.74) is 1.22. The van der Waals surface area contributed by atoms with E-state index >= 15 is 0 Å². The van der Waals surface area contributed by atoms with Crippen LogP contribution in [0.2, 0.25) is 0 Å². The molecule has 0 aliphatic carbocycles. The Balaban J connectivity index is 1.62. The van der Waals surface area contributed by atoms with Crippen molar-refractivity contribution in [1.29, 1.82) is 0 Å². The van der Waals surface area contributed by atoms with E-state index in [-0.39, 0.29) is 17.9 Å². The SMILES string of the molecule is COC(=O)c1ccccc1NC(=O)CCCn1cnc2ccccc2c1=O. The van der Waals surface area contributed by atoms with Crippen molar-refractivity contribution in [3.63, 3.8) is 0 Å². The summed E-state index contributed by atoms with van der Waals surface area (Å²) < 4.78 is 6.21. The number of ether oxygens (including phenoxy) is 1. The molecular weight excluding hydrogens is 346 g/mol. The van der Waals surface area contributed by atoms with Gasteiger partial charge in [0, 0.05) is 13.0 Å². The van der Waals surface area contributed by atoms with E-state index in [1.807, 2.05) is 6.07 Å². The first kappa shape index (κ1) is 18.3. The van der Waals surface area contributed by atoms with Gasteiger partial charge < -0.3 is 10.1 Å². The zero-order valence-electron chi connectivity index (χ0n) is 14.8. The van der Waals surface area contributed by atoms with Crippen molar-refractivity contribution in [2.75, 3.05) is 12.4 Å². The number of benzene rings is 2. The number of methoxy groups -OCH3 is 1. The van der Waals surface area contributed by atoms with E-state index < -0.39 is 5.97 Å². The fourth-order valence-corrected chi connectivity index (χ4v) is 2.77. The number of carbonyl (C=O) groups excluding carboxylic acids is 2. The summed E-state index contributed by atoms with van der Waals surface area (Å²) in [6.07, 6.45) is 2.16. The van der Waals surface area contributed by atoms with Gasteiger partial charge in [-0.2, -0.15) is 0 Å². The number of hydrogen-bond acceptors (Lipinski definition) is 5. The van der Waals surface area contributed by atoms with Crippen LogP contribution < -0.4 is 10.9 Å². The Morgan fingerprint density at radius 2 is 1.85 bits per heavy atom. The van der Waals surface area contributed by atoms with Crippen LogP contribution in [0.15, 0.2) is 59.7 Å². The topological polar surface area (TPSA) is 90.3 Å². The first-order valence-electron chi connectivity index (χ1n) is 8.51.